The Morgan fingerprint density at radius 3 is 2.66 bits per heavy atom. The number of hydrazone groups is 1. The fourth-order valence-electron chi connectivity index (χ4n) is 3.84. The number of phenolic OH excluding ortho intramolecular Hbond substituents is 1. The van der Waals surface area contributed by atoms with Gasteiger partial charge in [-0.2, -0.15) is 5.10 Å². The number of carbonyl (C=O) groups is 1. The fraction of sp³-hybridized carbons (Fsp3) is 0.304. The van der Waals surface area contributed by atoms with Crippen molar-refractivity contribution < 1.29 is 9.90 Å². The minimum atomic E-state index is -0.362. The highest BCUT2D eigenvalue weighted by molar-refractivity contribution is 14.1. The van der Waals surface area contributed by atoms with E-state index in [2.05, 4.69) is 68.3 Å². The number of aryl methyl sites for hydroxylation is 1. The summed E-state index contributed by atoms with van der Waals surface area (Å²) in [5.41, 5.74) is 8.58. The van der Waals surface area contributed by atoms with Crippen LogP contribution in [0.2, 0.25) is 0 Å². The lowest BCUT2D eigenvalue weighted by Gasteiger charge is -2.43. The van der Waals surface area contributed by atoms with Crippen LogP contribution in [0.3, 0.4) is 0 Å². The standard InChI is InChI=1S/C23H26IN3O2/c1-6-27-20-9-14(2)17(10-18(20)15(3)12-23(27,4)5)13-25-26-22(29)16-7-8-19(24)21(28)11-16/h7-13,28H,6H2,1-5H3,(H,26,29)/b25-13-. The summed E-state index contributed by atoms with van der Waals surface area (Å²) in [5, 5.41) is 13.9. The Bertz CT molecular complexity index is 1030. The van der Waals surface area contributed by atoms with Gasteiger partial charge in [0.05, 0.1) is 15.3 Å². The van der Waals surface area contributed by atoms with Crippen LogP contribution < -0.4 is 10.3 Å². The Labute approximate surface area is 185 Å². The Kier molecular flexibility index (Phi) is 6.03. The second-order valence-corrected chi connectivity index (χ2v) is 8.98. The highest BCUT2D eigenvalue weighted by Gasteiger charge is 2.30. The van der Waals surface area contributed by atoms with E-state index in [-0.39, 0.29) is 17.2 Å². The zero-order valence-electron chi connectivity index (χ0n) is 17.4. The number of rotatable bonds is 4. The molecule has 1 amide bonds. The molecule has 2 N–H and O–H groups in total. The van der Waals surface area contributed by atoms with E-state index in [0.29, 0.717) is 9.13 Å². The number of anilines is 1. The number of nitrogens with zero attached hydrogens (tertiary/aromatic N) is 2. The summed E-state index contributed by atoms with van der Waals surface area (Å²) >= 11 is 2.01. The number of amides is 1. The molecule has 0 aliphatic carbocycles. The van der Waals surface area contributed by atoms with E-state index in [4.69, 9.17) is 0 Å². The molecule has 0 aromatic heterocycles. The van der Waals surface area contributed by atoms with Gasteiger partial charge in [-0.1, -0.05) is 6.08 Å². The minimum Gasteiger partial charge on any atom is -0.507 e. The van der Waals surface area contributed by atoms with Gasteiger partial charge in [0.2, 0.25) is 0 Å². The highest BCUT2D eigenvalue weighted by Crippen LogP contribution is 2.39. The van der Waals surface area contributed by atoms with E-state index in [1.807, 2.05) is 22.6 Å². The monoisotopic (exact) mass is 503 g/mol. The summed E-state index contributed by atoms with van der Waals surface area (Å²) in [7, 11) is 0. The minimum absolute atomic E-state index is 0.0269. The number of likely N-dealkylation sites (N-methyl/N-ethyl adjacent to an activating group) is 1. The molecule has 0 unspecified atom stereocenters. The molecule has 0 spiro atoms. The van der Waals surface area contributed by atoms with Gasteiger partial charge >= 0.3 is 0 Å². The van der Waals surface area contributed by atoms with Crippen molar-refractivity contribution in [3.05, 3.63) is 62.2 Å². The molecule has 152 valence electrons. The molecule has 29 heavy (non-hydrogen) atoms. The van der Waals surface area contributed by atoms with Crippen LogP contribution in [-0.4, -0.2) is 29.3 Å². The first-order valence-corrected chi connectivity index (χ1v) is 10.7. The van der Waals surface area contributed by atoms with Gasteiger partial charge < -0.3 is 10.0 Å². The van der Waals surface area contributed by atoms with E-state index in [1.165, 1.54) is 22.9 Å². The lowest BCUT2D eigenvalue weighted by atomic mass is 9.87. The molecular weight excluding hydrogens is 477 g/mol. The van der Waals surface area contributed by atoms with Crippen molar-refractivity contribution in [2.75, 3.05) is 11.4 Å². The molecule has 3 rings (SSSR count). The van der Waals surface area contributed by atoms with Crippen molar-refractivity contribution >= 4 is 46.0 Å². The summed E-state index contributed by atoms with van der Waals surface area (Å²) in [5.74, 6) is -0.281. The number of allylic oxidation sites excluding steroid dienone is 1. The first-order valence-electron chi connectivity index (χ1n) is 9.58. The third-order valence-corrected chi connectivity index (χ3v) is 6.17. The van der Waals surface area contributed by atoms with Gasteiger partial charge in [0.25, 0.3) is 5.91 Å². The van der Waals surface area contributed by atoms with Crippen LogP contribution in [0.1, 0.15) is 54.7 Å². The maximum Gasteiger partial charge on any atom is 0.271 e. The van der Waals surface area contributed by atoms with Crippen LogP contribution >= 0.6 is 22.6 Å². The van der Waals surface area contributed by atoms with Crippen molar-refractivity contribution in [1.29, 1.82) is 0 Å². The molecule has 0 fully saturated rings. The number of nitrogens with one attached hydrogen (secondary N) is 1. The quantitative estimate of drug-likeness (QED) is 0.347. The topological polar surface area (TPSA) is 64.9 Å². The second kappa shape index (κ2) is 8.18. The molecule has 0 saturated heterocycles. The molecule has 1 heterocycles. The molecule has 0 atom stereocenters. The molecule has 0 bridgehead atoms. The summed E-state index contributed by atoms with van der Waals surface area (Å²) in [6, 6.07) is 9.11. The predicted octanol–water partition coefficient (Wildman–Crippen LogP) is 5.09. The lowest BCUT2D eigenvalue weighted by Crippen LogP contribution is -2.45. The van der Waals surface area contributed by atoms with Crippen molar-refractivity contribution in [2.45, 2.75) is 40.2 Å². The van der Waals surface area contributed by atoms with Gasteiger partial charge in [-0.15, -0.1) is 0 Å². The van der Waals surface area contributed by atoms with Crippen LogP contribution in [0.15, 0.2) is 41.5 Å². The Hall–Kier alpha value is -2.35. The maximum absolute atomic E-state index is 12.3. The van der Waals surface area contributed by atoms with E-state index in [0.717, 1.165) is 17.7 Å². The molecule has 1 aliphatic rings. The number of phenols is 1. The number of halogens is 1. The Morgan fingerprint density at radius 1 is 1.28 bits per heavy atom. The van der Waals surface area contributed by atoms with Crippen molar-refractivity contribution in [3.63, 3.8) is 0 Å². The molecule has 6 heteroatoms. The molecule has 2 aromatic rings. The summed E-state index contributed by atoms with van der Waals surface area (Å²) in [6.07, 6.45) is 3.96. The lowest BCUT2D eigenvalue weighted by molar-refractivity contribution is 0.0954. The van der Waals surface area contributed by atoms with E-state index < -0.39 is 0 Å². The number of benzene rings is 2. The van der Waals surface area contributed by atoms with Crippen molar-refractivity contribution in [1.82, 2.24) is 5.43 Å². The summed E-state index contributed by atoms with van der Waals surface area (Å²) in [6.45, 7) is 11.7. The average molecular weight is 503 g/mol. The second-order valence-electron chi connectivity index (χ2n) is 7.82. The Balaban J connectivity index is 1.84. The molecule has 1 aliphatic heterocycles. The summed E-state index contributed by atoms with van der Waals surface area (Å²) in [4.78, 5) is 14.7. The SMILES string of the molecule is CCN1c2cc(C)c(/C=N\NC(=O)c3ccc(I)c(O)c3)cc2C(C)=CC1(C)C. The van der Waals surface area contributed by atoms with Crippen LogP contribution in [0.4, 0.5) is 5.69 Å². The number of carbonyl (C=O) groups excluding carboxylic acids is 1. The Morgan fingerprint density at radius 2 is 2.00 bits per heavy atom. The van der Waals surface area contributed by atoms with Gasteiger partial charge in [0, 0.05) is 23.4 Å². The van der Waals surface area contributed by atoms with Crippen LogP contribution in [0, 0.1) is 10.5 Å². The van der Waals surface area contributed by atoms with Gasteiger partial charge in [-0.25, -0.2) is 5.43 Å². The molecule has 5 nitrogen and oxygen atoms in total. The first kappa shape index (κ1) is 21.4. The van der Waals surface area contributed by atoms with Gasteiger partial charge in [-0.3, -0.25) is 4.79 Å². The van der Waals surface area contributed by atoms with Crippen molar-refractivity contribution in [2.24, 2.45) is 5.10 Å². The smallest absolute Gasteiger partial charge is 0.271 e. The van der Waals surface area contributed by atoms with Gasteiger partial charge in [0.15, 0.2) is 0 Å². The largest absolute Gasteiger partial charge is 0.507 e. The van der Waals surface area contributed by atoms with Crippen LogP contribution in [-0.2, 0) is 0 Å². The van der Waals surface area contributed by atoms with E-state index in [1.54, 1.807) is 18.3 Å². The van der Waals surface area contributed by atoms with E-state index >= 15 is 0 Å². The molecule has 0 radical (unpaired) electrons. The number of hydrogen-bond donors (Lipinski definition) is 2. The predicted molar refractivity (Wildman–Crippen MR) is 128 cm³/mol. The first-order chi connectivity index (χ1) is 13.6. The van der Waals surface area contributed by atoms with Crippen LogP contribution in [0.25, 0.3) is 5.57 Å². The zero-order valence-corrected chi connectivity index (χ0v) is 19.5. The molecular formula is C23H26IN3O2. The fourth-order valence-corrected chi connectivity index (χ4v) is 4.18. The van der Waals surface area contributed by atoms with E-state index in [9.17, 15) is 9.90 Å². The molecule has 2 aromatic carbocycles. The van der Waals surface area contributed by atoms with Gasteiger partial charge in [-0.05, 0) is 104 Å². The van der Waals surface area contributed by atoms with Crippen LogP contribution in [0.5, 0.6) is 5.75 Å². The van der Waals surface area contributed by atoms with Gasteiger partial charge in [0.1, 0.15) is 5.75 Å². The third kappa shape index (κ3) is 4.32. The maximum atomic E-state index is 12.3. The molecule has 0 saturated carbocycles. The normalized spacial score (nSPS) is 15.2. The summed E-state index contributed by atoms with van der Waals surface area (Å²) < 4.78 is 0.695. The average Bonchev–Trinajstić information content (AvgIpc) is 2.64. The number of aromatic hydroxyl groups is 1. The third-order valence-electron chi connectivity index (χ3n) is 5.26. The highest BCUT2D eigenvalue weighted by atomic mass is 127. The zero-order chi connectivity index (χ0) is 21.3. The number of hydrogen-bond acceptors (Lipinski definition) is 4. The van der Waals surface area contributed by atoms with Crippen molar-refractivity contribution in [3.8, 4) is 5.75 Å². The number of fused-ring (bicyclic) bond motifs is 1.